The highest BCUT2D eigenvalue weighted by Crippen LogP contribution is 2.30. The van der Waals surface area contributed by atoms with Gasteiger partial charge in [-0.15, -0.1) is 0 Å². The molecule has 0 aliphatic heterocycles. The van der Waals surface area contributed by atoms with E-state index in [-0.39, 0.29) is 0 Å². The molecule has 3 heteroatoms. The Morgan fingerprint density at radius 1 is 1.26 bits per heavy atom. The molecule has 100 valence electrons. The van der Waals surface area contributed by atoms with Crippen LogP contribution < -0.4 is 4.90 Å². The second-order valence-electron chi connectivity index (χ2n) is 4.68. The summed E-state index contributed by atoms with van der Waals surface area (Å²) in [4.78, 5) is 6.56. The summed E-state index contributed by atoms with van der Waals surface area (Å²) in [5.41, 5.74) is 3.17. The van der Waals surface area contributed by atoms with Gasteiger partial charge in [-0.1, -0.05) is 18.2 Å². The molecule has 0 saturated carbocycles. The van der Waals surface area contributed by atoms with Gasteiger partial charge in [0.15, 0.2) is 0 Å². The largest absolute Gasteiger partial charge is 0.389 e. The van der Waals surface area contributed by atoms with Gasteiger partial charge in [0.1, 0.15) is 5.82 Å². The number of pyridine rings is 1. The van der Waals surface area contributed by atoms with E-state index in [4.69, 9.17) is 0 Å². The van der Waals surface area contributed by atoms with Crippen molar-refractivity contribution < 1.29 is 5.11 Å². The van der Waals surface area contributed by atoms with Crippen LogP contribution >= 0.6 is 0 Å². The highest BCUT2D eigenvalue weighted by Gasteiger charge is 2.15. The molecule has 1 unspecified atom stereocenters. The number of aliphatic hydroxyl groups is 1. The molecule has 0 aliphatic rings. The molecular weight excluding hydrogens is 236 g/mol. The van der Waals surface area contributed by atoms with E-state index < -0.39 is 6.10 Å². The molecule has 0 aliphatic carbocycles. The van der Waals surface area contributed by atoms with Gasteiger partial charge in [-0.25, -0.2) is 4.98 Å². The highest BCUT2D eigenvalue weighted by molar-refractivity contribution is 5.63. The highest BCUT2D eigenvalue weighted by atomic mass is 16.3. The number of nitrogens with zero attached hydrogens (tertiary/aromatic N) is 2. The standard InChI is InChI=1S/C16H20N2O/c1-4-18(14-8-5-7-12(2)11-14)16-15(13(3)19)9-6-10-17-16/h5-11,13,19H,4H2,1-3H3. The number of rotatable bonds is 4. The number of benzene rings is 1. The minimum absolute atomic E-state index is 0.525. The fourth-order valence-electron chi connectivity index (χ4n) is 2.21. The third-order valence-electron chi connectivity index (χ3n) is 3.15. The Labute approximate surface area is 114 Å². The number of hydrogen-bond donors (Lipinski definition) is 1. The Morgan fingerprint density at radius 2 is 2.05 bits per heavy atom. The Balaban J connectivity index is 2.48. The van der Waals surface area contributed by atoms with E-state index in [0.717, 1.165) is 23.6 Å². The molecule has 1 aromatic heterocycles. The summed E-state index contributed by atoms with van der Waals surface area (Å²) in [6, 6.07) is 12.1. The van der Waals surface area contributed by atoms with Gasteiger partial charge in [-0.2, -0.15) is 0 Å². The van der Waals surface area contributed by atoms with Crippen molar-refractivity contribution in [2.24, 2.45) is 0 Å². The van der Waals surface area contributed by atoms with Crippen LogP contribution in [0.3, 0.4) is 0 Å². The van der Waals surface area contributed by atoms with Gasteiger partial charge in [0.2, 0.25) is 0 Å². The summed E-state index contributed by atoms with van der Waals surface area (Å²) in [6.45, 7) is 6.74. The van der Waals surface area contributed by atoms with Crippen LogP contribution in [0.15, 0.2) is 42.6 Å². The fraction of sp³-hybridized carbons (Fsp3) is 0.312. The Kier molecular flexibility index (Phi) is 4.17. The predicted octanol–water partition coefficient (Wildman–Crippen LogP) is 3.60. The van der Waals surface area contributed by atoms with E-state index >= 15 is 0 Å². The van der Waals surface area contributed by atoms with E-state index in [0.29, 0.717) is 0 Å². The molecule has 3 nitrogen and oxygen atoms in total. The molecule has 0 radical (unpaired) electrons. The topological polar surface area (TPSA) is 36.4 Å². The van der Waals surface area contributed by atoms with Crippen molar-refractivity contribution in [1.29, 1.82) is 0 Å². The number of anilines is 2. The molecule has 19 heavy (non-hydrogen) atoms. The average molecular weight is 256 g/mol. The fourth-order valence-corrected chi connectivity index (χ4v) is 2.21. The molecule has 1 N–H and O–H groups in total. The van der Waals surface area contributed by atoms with Crippen LogP contribution in [0, 0.1) is 6.92 Å². The van der Waals surface area contributed by atoms with Crippen molar-refractivity contribution in [3.63, 3.8) is 0 Å². The summed E-state index contributed by atoms with van der Waals surface area (Å²) in [5.74, 6) is 0.825. The van der Waals surface area contributed by atoms with Gasteiger partial charge in [-0.05, 0) is 44.5 Å². The molecule has 1 heterocycles. The zero-order chi connectivity index (χ0) is 13.8. The molecular formula is C16H20N2O. The smallest absolute Gasteiger partial charge is 0.138 e. The van der Waals surface area contributed by atoms with Crippen molar-refractivity contribution in [2.45, 2.75) is 26.9 Å². The third-order valence-corrected chi connectivity index (χ3v) is 3.15. The van der Waals surface area contributed by atoms with E-state index in [9.17, 15) is 5.11 Å². The maximum absolute atomic E-state index is 9.88. The van der Waals surface area contributed by atoms with Crippen LogP contribution in [0.2, 0.25) is 0 Å². The molecule has 1 atom stereocenters. The summed E-state index contributed by atoms with van der Waals surface area (Å²) in [6.07, 6.45) is 1.24. The van der Waals surface area contributed by atoms with Gasteiger partial charge in [-0.3, -0.25) is 0 Å². The summed E-state index contributed by atoms with van der Waals surface area (Å²) in [5, 5.41) is 9.88. The van der Waals surface area contributed by atoms with Crippen molar-refractivity contribution in [1.82, 2.24) is 4.98 Å². The minimum Gasteiger partial charge on any atom is -0.389 e. The van der Waals surface area contributed by atoms with Crippen molar-refractivity contribution in [3.8, 4) is 0 Å². The van der Waals surface area contributed by atoms with Crippen LogP contribution in [0.25, 0.3) is 0 Å². The first-order chi connectivity index (χ1) is 9.13. The molecule has 0 amide bonds. The number of aliphatic hydroxyl groups excluding tert-OH is 1. The zero-order valence-electron chi connectivity index (χ0n) is 11.7. The lowest BCUT2D eigenvalue weighted by Gasteiger charge is -2.25. The molecule has 2 aromatic rings. The van der Waals surface area contributed by atoms with E-state index in [1.165, 1.54) is 5.56 Å². The predicted molar refractivity (Wildman–Crippen MR) is 78.7 cm³/mol. The lowest BCUT2D eigenvalue weighted by molar-refractivity contribution is 0.199. The van der Waals surface area contributed by atoms with Gasteiger partial charge >= 0.3 is 0 Å². The van der Waals surface area contributed by atoms with Crippen LogP contribution in [0.5, 0.6) is 0 Å². The first kappa shape index (κ1) is 13.6. The summed E-state index contributed by atoms with van der Waals surface area (Å²) in [7, 11) is 0. The first-order valence-electron chi connectivity index (χ1n) is 6.60. The monoisotopic (exact) mass is 256 g/mol. The van der Waals surface area contributed by atoms with Crippen LogP contribution in [0.1, 0.15) is 31.1 Å². The second-order valence-corrected chi connectivity index (χ2v) is 4.68. The van der Waals surface area contributed by atoms with Crippen molar-refractivity contribution in [3.05, 3.63) is 53.7 Å². The third kappa shape index (κ3) is 2.93. The maximum Gasteiger partial charge on any atom is 0.138 e. The van der Waals surface area contributed by atoms with E-state index in [1.54, 1.807) is 13.1 Å². The van der Waals surface area contributed by atoms with Crippen LogP contribution in [-0.2, 0) is 0 Å². The summed E-state index contributed by atoms with van der Waals surface area (Å²) >= 11 is 0. The normalized spacial score (nSPS) is 12.2. The van der Waals surface area contributed by atoms with Gasteiger partial charge in [0.05, 0.1) is 6.10 Å². The molecule has 0 spiro atoms. The van der Waals surface area contributed by atoms with Gasteiger partial charge in [0, 0.05) is 24.0 Å². The number of aromatic nitrogens is 1. The average Bonchev–Trinajstić information content (AvgIpc) is 2.40. The lowest BCUT2D eigenvalue weighted by Crippen LogP contribution is -2.19. The molecule has 0 saturated heterocycles. The first-order valence-corrected chi connectivity index (χ1v) is 6.60. The SMILES string of the molecule is CCN(c1cccc(C)c1)c1ncccc1C(C)O. The van der Waals surface area contributed by atoms with Crippen LogP contribution in [0.4, 0.5) is 11.5 Å². The molecule has 0 fully saturated rings. The van der Waals surface area contributed by atoms with E-state index in [2.05, 4.69) is 41.9 Å². The van der Waals surface area contributed by atoms with Crippen LogP contribution in [-0.4, -0.2) is 16.6 Å². The second kappa shape index (κ2) is 5.85. The lowest BCUT2D eigenvalue weighted by atomic mass is 10.1. The van der Waals surface area contributed by atoms with Gasteiger partial charge in [0.25, 0.3) is 0 Å². The number of hydrogen-bond acceptors (Lipinski definition) is 3. The molecule has 1 aromatic carbocycles. The van der Waals surface area contributed by atoms with E-state index in [1.807, 2.05) is 18.2 Å². The molecule has 2 rings (SSSR count). The Morgan fingerprint density at radius 3 is 2.68 bits per heavy atom. The van der Waals surface area contributed by atoms with Crippen molar-refractivity contribution in [2.75, 3.05) is 11.4 Å². The summed E-state index contributed by atoms with van der Waals surface area (Å²) < 4.78 is 0. The van der Waals surface area contributed by atoms with Gasteiger partial charge < -0.3 is 10.0 Å². The van der Waals surface area contributed by atoms with Crippen molar-refractivity contribution >= 4 is 11.5 Å². The minimum atomic E-state index is -0.525. The zero-order valence-corrected chi connectivity index (χ0v) is 11.7. The number of aryl methyl sites for hydroxylation is 1. The maximum atomic E-state index is 9.88. The quantitative estimate of drug-likeness (QED) is 0.908. The Hall–Kier alpha value is -1.87. The molecule has 0 bridgehead atoms. The Bertz CT molecular complexity index is 552.